The van der Waals surface area contributed by atoms with Gasteiger partial charge in [0.05, 0.1) is 5.75 Å². The maximum absolute atomic E-state index is 11.8. The van der Waals surface area contributed by atoms with Gasteiger partial charge in [0.25, 0.3) is 0 Å². The predicted molar refractivity (Wildman–Crippen MR) is 88.0 cm³/mol. The molecule has 1 aromatic carbocycles. The summed E-state index contributed by atoms with van der Waals surface area (Å²) >= 11 is 2.67. The van der Waals surface area contributed by atoms with Gasteiger partial charge < -0.3 is 9.84 Å². The molecule has 0 spiro atoms. The van der Waals surface area contributed by atoms with E-state index in [0.717, 1.165) is 5.69 Å². The Kier molecular flexibility index (Phi) is 4.83. The first-order valence-electron chi connectivity index (χ1n) is 6.57. The van der Waals surface area contributed by atoms with Crippen LogP contribution >= 0.6 is 23.1 Å². The molecule has 8 nitrogen and oxygen atoms in total. The Hall–Kier alpha value is -2.46. The van der Waals surface area contributed by atoms with Gasteiger partial charge in [-0.2, -0.15) is 4.98 Å². The number of carbonyl (C=O) groups is 1. The Morgan fingerprint density at radius 1 is 1.30 bits per heavy atom. The lowest BCUT2D eigenvalue weighted by atomic mass is 10.3. The minimum absolute atomic E-state index is 0.0943. The molecule has 23 heavy (non-hydrogen) atoms. The normalized spacial score (nSPS) is 10.5. The number of aryl methyl sites for hydroxylation is 1. The lowest BCUT2D eigenvalue weighted by Gasteiger charge is -1.99. The van der Waals surface area contributed by atoms with Gasteiger partial charge in [0.2, 0.25) is 11.0 Å². The average molecular weight is 348 g/mol. The van der Waals surface area contributed by atoms with Crippen LogP contribution in [0, 0.1) is 6.92 Å². The number of para-hydroxylation sites is 1. The molecule has 2 aromatic heterocycles. The van der Waals surface area contributed by atoms with E-state index in [4.69, 9.17) is 4.52 Å². The Morgan fingerprint density at radius 3 is 2.87 bits per heavy atom. The molecule has 0 aliphatic heterocycles. The third kappa shape index (κ3) is 4.50. The number of amides is 1. The fraction of sp³-hybridized carbons (Fsp3) is 0.154. The summed E-state index contributed by atoms with van der Waals surface area (Å²) in [5.41, 5.74) is 0.935. The monoisotopic (exact) mass is 348 g/mol. The van der Waals surface area contributed by atoms with Crippen molar-refractivity contribution in [1.29, 1.82) is 0 Å². The van der Waals surface area contributed by atoms with Gasteiger partial charge in [-0.25, -0.2) is 0 Å². The van der Waals surface area contributed by atoms with Crippen molar-refractivity contribution in [2.24, 2.45) is 0 Å². The molecule has 0 saturated carbocycles. The summed E-state index contributed by atoms with van der Waals surface area (Å²) in [6, 6.07) is 9.78. The van der Waals surface area contributed by atoms with Crippen molar-refractivity contribution >= 4 is 45.8 Å². The molecular weight excluding hydrogens is 336 g/mol. The van der Waals surface area contributed by atoms with E-state index in [9.17, 15) is 4.79 Å². The van der Waals surface area contributed by atoms with Crippen LogP contribution in [0.1, 0.15) is 5.82 Å². The van der Waals surface area contributed by atoms with Crippen molar-refractivity contribution in [2.45, 2.75) is 11.3 Å². The molecule has 0 aliphatic carbocycles. The highest BCUT2D eigenvalue weighted by Gasteiger charge is 2.11. The maximum Gasteiger partial charge on any atom is 0.328 e. The van der Waals surface area contributed by atoms with Gasteiger partial charge in [0.1, 0.15) is 0 Å². The quantitative estimate of drug-likeness (QED) is 0.655. The summed E-state index contributed by atoms with van der Waals surface area (Å²) in [5.74, 6) is 0.404. The first kappa shape index (κ1) is 15.4. The molecule has 10 heteroatoms. The zero-order chi connectivity index (χ0) is 16.1. The van der Waals surface area contributed by atoms with E-state index in [1.807, 2.05) is 30.3 Å². The Labute approximate surface area is 139 Å². The minimum Gasteiger partial charge on any atom is -0.330 e. The van der Waals surface area contributed by atoms with E-state index < -0.39 is 0 Å². The lowest BCUT2D eigenvalue weighted by Crippen LogP contribution is -2.14. The number of hydrogen-bond acceptors (Lipinski definition) is 9. The van der Waals surface area contributed by atoms with Crippen molar-refractivity contribution in [3.8, 4) is 0 Å². The highest BCUT2D eigenvalue weighted by molar-refractivity contribution is 8.01. The van der Waals surface area contributed by atoms with E-state index in [1.165, 1.54) is 23.1 Å². The summed E-state index contributed by atoms with van der Waals surface area (Å²) in [6.07, 6.45) is 0. The fourth-order valence-electron chi connectivity index (χ4n) is 1.59. The summed E-state index contributed by atoms with van der Waals surface area (Å²) in [5, 5.41) is 18.0. The number of benzene rings is 1. The summed E-state index contributed by atoms with van der Waals surface area (Å²) in [4.78, 5) is 15.7. The smallest absolute Gasteiger partial charge is 0.328 e. The van der Waals surface area contributed by atoms with Gasteiger partial charge in [-0.3, -0.25) is 10.1 Å². The van der Waals surface area contributed by atoms with Gasteiger partial charge in [-0.15, -0.1) is 10.2 Å². The van der Waals surface area contributed by atoms with E-state index in [2.05, 4.69) is 31.0 Å². The number of hydrogen-bond donors (Lipinski definition) is 2. The topological polar surface area (TPSA) is 106 Å². The second kappa shape index (κ2) is 7.20. The third-order valence-electron chi connectivity index (χ3n) is 2.53. The van der Waals surface area contributed by atoms with Crippen LogP contribution in [-0.4, -0.2) is 32.0 Å². The number of rotatable bonds is 6. The Morgan fingerprint density at radius 2 is 2.13 bits per heavy atom. The SMILES string of the molecule is Cc1noc(NC(=O)CSc2nnc(Nc3ccccc3)s2)n1. The molecule has 2 N–H and O–H groups in total. The Balaban J connectivity index is 1.50. The zero-order valence-corrected chi connectivity index (χ0v) is 13.6. The molecule has 0 aliphatic rings. The number of carbonyl (C=O) groups excluding carboxylic acids is 1. The van der Waals surface area contributed by atoms with Crippen LogP contribution in [0.5, 0.6) is 0 Å². The summed E-state index contributed by atoms with van der Waals surface area (Å²) in [6.45, 7) is 1.68. The molecule has 0 atom stereocenters. The van der Waals surface area contributed by atoms with Crippen LogP contribution in [0.3, 0.4) is 0 Å². The zero-order valence-electron chi connectivity index (χ0n) is 12.0. The number of nitrogens with zero attached hydrogens (tertiary/aromatic N) is 4. The second-order valence-electron chi connectivity index (χ2n) is 4.35. The molecule has 3 rings (SSSR count). The van der Waals surface area contributed by atoms with E-state index in [1.54, 1.807) is 6.92 Å². The average Bonchev–Trinajstić information content (AvgIpc) is 3.15. The molecular formula is C13H12N6O2S2. The highest BCUT2D eigenvalue weighted by Crippen LogP contribution is 2.27. The molecule has 0 saturated heterocycles. The van der Waals surface area contributed by atoms with Gasteiger partial charge >= 0.3 is 6.01 Å². The van der Waals surface area contributed by atoms with Gasteiger partial charge in [-0.1, -0.05) is 46.5 Å². The molecule has 3 aromatic rings. The van der Waals surface area contributed by atoms with Crippen molar-refractivity contribution in [2.75, 3.05) is 16.4 Å². The van der Waals surface area contributed by atoms with Crippen LogP contribution < -0.4 is 10.6 Å². The lowest BCUT2D eigenvalue weighted by molar-refractivity contribution is -0.114. The van der Waals surface area contributed by atoms with Crippen LogP contribution in [0.2, 0.25) is 0 Å². The maximum atomic E-state index is 11.8. The van der Waals surface area contributed by atoms with E-state index in [-0.39, 0.29) is 17.7 Å². The van der Waals surface area contributed by atoms with Crippen LogP contribution in [0.25, 0.3) is 0 Å². The minimum atomic E-state index is -0.244. The number of thioether (sulfide) groups is 1. The summed E-state index contributed by atoms with van der Waals surface area (Å²) in [7, 11) is 0. The van der Waals surface area contributed by atoms with Gasteiger partial charge in [0, 0.05) is 5.69 Å². The van der Waals surface area contributed by atoms with Crippen molar-refractivity contribution < 1.29 is 9.32 Å². The predicted octanol–water partition coefficient (Wildman–Crippen LogP) is 2.70. The van der Waals surface area contributed by atoms with Gasteiger partial charge in [0.15, 0.2) is 10.2 Å². The molecule has 0 fully saturated rings. The van der Waals surface area contributed by atoms with Crippen LogP contribution in [-0.2, 0) is 4.79 Å². The first-order valence-corrected chi connectivity index (χ1v) is 8.38. The largest absolute Gasteiger partial charge is 0.330 e. The molecule has 1 amide bonds. The second-order valence-corrected chi connectivity index (χ2v) is 6.55. The highest BCUT2D eigenvalue weighted by atomic mass is 32.2. The number of nitrogens with one attached hydrogen (secondary N) is 2. The fourth-order valence-corrected chi connectivity index (χ4v) is 3.17. The third-order valence-corrected chi connectivity index (χ3v) is 4.50. The van der Waals surface area contributed by atoms with Gasteiger partial charge in [-0.05, 0) is 19.1 Å². The molecule has 0 unspecified atom stereocenters. The summed E-state index contributed by atoms with van der Waals surface area (Å²) < 4.78 is 5.51. The van der Waals surface area contributed by atoms with Crippen LogP contribution in [0.15, 0.2) is 39.2 Å². The molecule has 0 bridgehead atoms. The van der Waals surface area contributed by atoms with Crippen molar-refractivity contribution in [3.63, 3.8) is 0 Å². The first-order chi connectivity index (χ1) is 11.2. The molecule has 2 heterocycles. The van der Waals surface area contributed by atoms with Crippen LogP contribution in [0.4, 0.5) is 16.8 Å². The van der Waals surface area contributed by atoms with E-state index in [0.29, 0.717) is 15.3 Å². The standard InChI is InChI=1S/C13H12N6O2S2/c1-8-14-11(21-19-8)16-10(20)7-22-13-18-17-12(23-13)15-9-5-3-2-4-6-9/h2-6H,7H2,1H3,(H,15,17)(H,14,16,19,20). The number of aromatic nitrogens is 4. The molecule has 0 radical (unpaired) electrons. The molecule has 118 valence electrons. The van der Waals surface area contributed by atoms with Crippen molar-refractivity contribution in [1.82, 2.24) is 20.3 Å². The number of anilines is 3. The van der Waals surface area contributed by atoms with E-state index >= 15 is 0 Å². The Bertz CT molecular complexity index is 789. The van der Waals surface area contributed by atoms with Crippen molar-refractivity contribution in [3.05, 3.63) is 36.2 Å².